The molecule has 1 N–H and O–H groups in total. The molecule has 10 heavy (non-hydrogen) atoms. The van der Waals surface area contributed by atoms with Gasteiger partial charge in [-0.15, -0.1) is 0 Å². The minimum absolute atomic E-state index is 0.0499. The summed E-state index contributed by atoms with van der Waals surface area (Å²) in [6.07, 6.45) is 3.13. The summed E-state index contributed by atoms with van der Waals surface area (Å²) < 4.78 is 3.93. The molecule has 0 spiro atoms. The highest BCUT2D eigenvalue weighted by molar-refractivity contribution is 7.02. The van der Waals surface area contributed by atoms with Crippen molar-refractivity contribution in [3.8, 4) is 0 Å². The van der Waals surface area contributed by atoms with Crippen LogP contribution in [-0.4, -0.2) is 9.36 Å². The van der Waals surface area contributed by atoms with Crippen LogP contribution in [0.3, 0.4) is 0 Å². The predicted octanol–water partition coefficient (Wildman–Crippen LogP) is 1.17. The smallest absolute Gasteiger partial charge is 0.300 e. The molecule has 0 aliphatic carbocycles. The Morgan fingerprint density at radius 2 is 2.50 bits per heavy atom. The van der Waals surface area contributed by atoms with E-state index in [1.807, 2.05) is 0 Å². The van der Waals surface area contributed by atoms with E-state index in [4.69, 9.17) is 0 Å². The van der Waals surface area contributed by atoms with E-state index >= 15 is 0 Å². The molecule has 1 rings (SSSR count). The van der Waals surface area contributed by atoms with E-state index in [2.05, 4.69) is 16.3 Å². The molecule has 0 unspecified atom stereocenters. The van der Waals surface area contributed by atoms with Crippen LogP contribution in [0.15, 0.2) is 4.79 Å². The van der Waals surface area contributed by atoms with Gasteiger partial charge in [-0.3, -0.25) is 9.78 Å². The zero-order valence-electron chi connectivity index (χ0n) is 5.89. The summed E-state index contributed by atoms with van der Waals surface area (Å²) in [4.78, 5) is 13.2. The second-order valence-corrected chi connectivity index (χ2v) is 2.88. The van der Waals surface area contributed by atoms with E-state index in [0.717, 1.165) is 36.6 Å². The molecular formula is C6H10N2OS. The Morgan fingerprint density at radius 3 is 3.00 bits per heavy atom. The van der Waals surface area contributed by atoms with E-state index in [1.165, 1.54) is 0 Å². The largest absolute Gasteiger partial charge is 0.323 e. The Hall–Kier alpha value is -0.640. The van der Waals surface area contributed by atoms with Crippen molar-refractivity contribution in [3.63, 3.8) is 0 Å². The van der Waals surface area contributed by atoms with Crippen LogP contribution in [0.5, 0.6) is 0 Å². The first-order chi connectivity index (χ1) is 4.83. The quantitative estimate of drug-likeness (QED) is 0.717. The third kappa shape index (κ3) is 1.95. The number of H-pyrrole nitrogens is 1. The highest BCUT2D eigenvalue weighted by Crippen LogP contribution is 1.96. The molecule has 0 radical (unpaired) electrons. The van der Waals surface area contributed by atoms with E-state index in [9.17, 15) is 4.79 Å². The Kier molecular flexibility index (Phi) is 2.62. The molecule has 0 saturated heterocycles. The third-order valence-corrected chi connectivity index (χ3v) is 1.83. The van der Waals surface area contributed by atoms with Crippen LogP contribution in [-0.2, 0) is 6.42 Å². The molecule has 0 bridgehead atoms. The molecule has 0 aromatic carbocycles. The van der Waals surface area contributed by atoms with Crippen molar-refractivity contribution in [2.24, 2.45) is 0 Å². The lowest BCUT2D eigenvalue weighted by molar-refractivity contribution is 0.763. The van der Waals surface area contributed by atoms with E-state index < -0.39 is 0 Å². The summed E-state index contributed by atoms with van der Waals surface area (Å²) in [6.45, 7) is 2.12. The van der Waals surface area contributed by atoms with Gasteiger partial charge in [0.2, 0.25) is 0 Å². The molecule has 1 heterocycles. The fourth-order valence-electron chi connectivity index (χ4n) is 0.712. The number of nitrogens with one attached hydrogen (secondary N) is 1. The van der Waals surface area contributed by atoms with Gasteiger partial charge in [-0.1, -0.05) is 13.3 Å². The average molecular weight is 158 g/mol. The minimum Gasteiger partial charge on any atom is -0.300 e. The number of hydrogen-bond donors (Lipinski definition) is 1. The van der Waals surface area contributed by atoms with Crippen LogP contribution in [0.1, 0.15) is 25.6 Å². The number of hydrogen-bond acceptors (Lipinski definition) is 3. The van der Waals surface area contributed by atoms with Crippen molar-refractivity contribution >= 4 is 11.5 Å². The molecule has 4 heteroatoms. The van der Waals surface area contributed by atoms with Gasteiger partial charge in [-0.25, -0.2) is 0 Å². The zero-order valence-corrected chi connectivity index (χ0v) is 6.70. The summed E-state index contributed by atoms with van der Waals surface area (Å²) in [5.74, 6) is 0.830. The van der Waals surface area contributed by atoms with Crippen molar-refractivity contribution in [1.82, 2.24) is 9.36 Å². The fourth-order valence-corrected chi connectivity index (χ4v) is 1.21. The van der Waals surface area contributed by atoms with Crippen molar-refractivity contribution in [3.05, 3.63) is 15.5 Å². The van der Waals surface area contributed by atoms with Crippen LogP contribution in [0, 0.1) is 0 Å². The SMILES string of the molecule is CCCCc1nsc(=O)[nH]1. The zero-order chi connectivity index (χ0) is 7.40. The Labute approximate surface area is 63.3 Å². The molecule has 1 aromatic rings. The normalized spacial score (nSPS) is 10.1. The lowest BCUT2D eigenvalue weighted by atomic mass is 10.2. The van der Waals surface area contributed by atoms with Crippen LogP contribution in [0.4, 0.5) is 0 Å². The van der Waals surface area contributed by atoms with Gasteiger partial charge in [-0.05, 0) is 6.42 Å². The number of rotatable bonds is 3. The molecule has 0 saturated carbocycles. The molecule has 3 nitrogen and oxygen atoms in total. The molecule has 0 atom stereocenters. The molecule has 0 fully saturated rings. The Morgan fingerprint density at radius 1 is 1.70 bits per heavy atom. The summed E-state index contributed by atoms with van der Waals surface area (Å²) in [5.41, 5.74) is 0. The van der Waals surface area contributed by atoms with Crippen molar-refractivity contribution in [2.75, 3.05) is 0 Å². The number of nitrogens with zero attached hydrogens (tertiary/aromatic N) is 1. The van der Waals surface area contributed by atoms with Crippen LogP contribution in [0.2, 0.25) is 0 Å². The second-order valence-electron chi connectivity index (χ2n) is 2.15. The van der Waals surface area contributed by atoms with Gasteiger partial charge in [0.25, 0.3) is 0 Å². The highest BCUT2D eigenvalue weighted by atomic mass is 32.1. The maximum absolute atomic E-state index is 10.6. The summed E-state index contributed by atoms with van der Waals surface area (Å²) in [5, 5.41) is 0. The predicted molar refractivity (Wildman–Crippen MR) is 41.3 cm³/mol. The van der Waals surface area contributed by atoms with E-state index in [-0.39, 0.29) is 4.87 Å². The first kappa shape index (κ1) is 7.47. The molecular weight excluding hydrogens is 148 g/mol. The summed E-state index contributed by atoms with van der Waals surface area (Å²) in [7, 11) is 0. The average Bonchev–Trinajstić information content (AvgIpc) is 2.31. The maximum Gasteiger partial charge on any atom is 0.323 e. The van der Waals surface area contributed by atoms with Gasteiger partial charge < -0.3 is 0 Å². The molecule has 0 aliphatic heterocycles. The van der Waals surface area contributed by atoms with E-state index in [0.29, 0.717) is 0 Å². The molecule has 0 aliphatic rings. The molecule has 1 aromatic heterocycles. The van der Waals surface area contributed by atoms with Gasteiger partial charge in [0.05, 0.1) is 0 Å². The van der Waals surface area contributed by atoms with Gasteiger partial charge in [0.1, 0.15) is 5.82 Å². The lowest BCUT2D eigenvalue weighted by Gasteiger charge is -1.88. The summed E-state index contributed by atoms with van der Waals surface area (Å²) in [6, 6.07) is 0. The number of aryl methyl sites for hydroxylation is 1. The second kappa shape index (κ2) is 3.51. The number of aromatic nitrogens is 2. The molecule has 56 valence electrons. The van der Waals surface area contributed by atoms with Gasteiger partial charge >= 0.3 is 4.87 Å². The highest BCUT2D eigenvalue weighted by Gasteiger charge is 1.95. The van der Waals surface area contributed by atoms with Crippen molar-refractivity contribution < 1.29 is 0 Å². The van der Waals surface area contributed by atoms with E-state index in [1.54, 1.807) is 0 Å². The Bertz CT molecular complexity index is 240. The fraction of sp³-hybridized carbons (Fsp3) is 0.667. The first-order valence-electron chi connectivity index (χ1n) is 3.38. The molecule has 0 amide bonds. The van der Waals surface area contributed by atoms with Gasteiger partial charge in [0, 0.05) is 18.0 Å². The van der Waals surface area contributed by atoms with Gasteiger partial charge in [-0.2, -0.15) is 4.37 Å². The number of unbranched alkanes of at least 4 members (excludes halogenated alkanes) is 1. The number of aromatic amines is 1. The first-order valence-corrected chi connectivity index (χ1v) is 4.15. The standard InChI is InChI=1S/C6H10N2OS/c1-2-3-4-5-7-6(9)10-8-5/h2-4H2,1H3,(H,7,8,9). The van der Waals surface area contributed by atoms with Crippen LogP contribution in [0.25, 0.3) is 0 Å². The Balaban J connectivity index is 2.50. The lowest BCUT2D eigenvalue weighted by Crippen LogP contribution is -1.95. The van der Waals surface area contributed by atoms with Crippen molar-refractivity contribution in [2.45, 2.75) is 26.2 Å². The monoisotopic (exact) mass is 158 g/mol. The topological polar surface area (TPSA) is 45.8 Å². The third-order valence-electron chi connectivity index (χ3n) is 1.25. The maximum atomic E-state index is 10.6. The minimum atomic E-state index is -0.0499. The van der Waals surface area contributed by atoms with Crippen LogP contribution < -0.4 is 4.87 Å². The van der Waals surface area contributed by atoms with Crippen molar-refractivity contribution in [1.29, 1.82) is 0 Å². The summed E-state index contributed by atoms with van der Waals surface area (Å²) >= 11 is 0.994. The van der Waals surface area contributed by atoms with Gasteiger partial charge in [0.15, 0.2) is 0 Å². The van der Waals surface area contributed by atoms with Crippen LogP contribution >= 0.6 is 11.5 Å².